The smallest absolute Gasteiger partial charge is 0.258 e. The summed E-state index contributed by atoms with van der Waals surface area (Å²) < 4.78 is 9.50. The number of fused-ring (bicyclic) bond motifs is 2. The van der Waals surface area contributed by atoms with Crippen molar-refractivity contribution >= 4 is 28.0 Å². The number of carbonyl (C=O) groups is 1. The van der Waals surface area contributed by atoms with Gasteiger partial charge in [-0.1, -0.05) is 6.07 Å². The van der Waals surface area contributed by atoms with Crippen molar-refractivity contribution in [2.24, 2.45) is 14.1 Å². The molecule has 5 rings (SSSR count). The predicted molar refractivity (Wildman–Crippen MR) is 118 cm³/mol. The molecule has 4 aromatic rings. The molecule has 1 unspecified atom stereocenters. The number of aromatic nitrogens is 5. The highest BCUT2D eigenvalue weighted by Gasteiger charge is 2.30. The van der Waals surface area contributed by atoms with Crippen molar-refractivity contribution < 1.29 is 9.53 Å². The number of hydrogen-bond donors (Lipinski definition) is 1. The molecule has 1 aromatic carbocycles. The van der Waals surface area contributed by atoms with Crippen LogP contribution in [0.5, 0.6) is 5.88 Å². The van der Waals surface area contributed by atoms with E-state index in [1.807, 2.05) is 56.8 Å². The van der Waals surface area contributed by atoms with E-state index in [0.29, 0.717) is 11.8 Å². The van der Waals surface area contributed by atoms with Gasteiger partial charge in [0.1, 0.15) is 0 Å². The highest BCUT2D eigenvalue weighted by atomic mass is 16.5. The molecule has 8 nitrogen and oxygen atoms in total. The van der Waals surface area contributed by atoms with Crippen LogP contribution in [0.25, 0.3) is 22.1 Å². The Morgan fingerprint density at radius 3 is 2.87 bits per heavy atom. The number of hydrogen-bond acceptors (Lipinski definition) is 5. The van der Waals surface area contributed by atoms with Gasteiger partial charge in [0, 0.05) is 31.5 Å². The van der Waals surface area contributed by atoms with Gasteiger partial charge in [0.2, 0.25) is 5.88 Å². The van der Waals surface area contributed by atoms with E-state index < -0.39 is 0 Å². The van der Waals surface area contributed by atoms with Gasteiger partial charge in [0.05, 0.1) is 29.1 Å². The molecular formula is C23H26N6O2. The van der Waals surface area contributed by atoms with Crippen LogP contribution in [0.2, 0.25) is 0 Å². The first-order valence-corrected chi connectivity index (χ1v) is 10.6. The number of imidazole rings is 1. The summed E-state index contributed by atoms with van der Waals surface area (Å²) in [6.45, 7) is 3.90. The van der Waals surface area contributed by atoms with E-state index in [-0.39, 0.29) is 18.6 Å². The third kappa shape index (κ3) is 3.62. The minimum absolute atomic E-state index is 0.0958. The molecule has 3 aromatic heterocycles. The molecule has 1 N–H and O–H groups in total. The third-order valence-corrected chi connectivity index (χ3v) is 5.94. The summed E-state index contributed by atoms with van der Waals surface area (Å²) in [5.74, 6) is 0.790. The first-order valence-electron chi connectivity index (χ1n) is 10.6. The Morgan fingerprint density at radius 2 is 2.10 bits per heavy atom. The lowest BCUT2D eigenvalue weighted by atomic mass is 10.1. The Balaban J connectivity index is 1.26. The molecule has 1 atom stereocenters. The molecule has 31 heavy (non-hydrogen) atoms. The Kier molecular flexibility index (Phi) is 4.64. The molecule has 1 amide bonds. The van der Waals surface area contributed by atoms with Gasteiger partial charge in [0.25, 0.3) is 5.91 Å². The maximum Gasteiger partial charge on any atom is 0.258 e. The molecule has 0 spiro atoms. The highest BCUT2D eigenvalue weighted by Crippen LogP contribution is 2.43. The molecule has 0 saturated heterocycles. The molecular weight excluding hydrogens is 392 g/mol. The molecule has 3 heterocycles. The van der Waals surface area contributed by atoms with Gasteiger partial charge in [0.15, 0.2) is 12.3 Å². The largest absolute Gasteiger partial charge is 0.468 e. The average molecular weight is 419 g/mol. The number of amides is 1. The zero-order valence-electron chi connectivity index (χ0n) is 18.2. The molecule has 1 aliphatic carbocycles. The number of rotatable bonds is 6. The van der Waals surface area contributed by atoms with E-state index in [4.69, 9.17) is 4.74 Å². The molecule has 1 fully saturated rings. The summed E-state index contributed by atoms with van der Waals surface area (Å²) in [5, 5.41) is 8.75. The normalized spacial score (nSPS) is 14.8. The van der Waals surface area contributed by atoms with Crippen molar-refractivity contribution in [3.63, 3.8) is 0 Å². The molecule has 8 heteroatoms. The van der Waals surface area contributed by atoms with Gasteiger partial charge >= 0.3 is 0 Å². The monoisotopic (exact) mass is 418 g/mol. The van der Waals surface area contributed by atoms with Crippen LogP contribution in [0.15, 0.2) is 30.6 Å². The number of pyridine rings is 1. The molecule has 0 bridgehead atoms. The maximum atomic E-state index is 12.5. The van der Waals surface area contributed by atoms with Crippen molar-refractivity contribution in [1.82, 2.24) is 29.6 Å². The average Bonchev–Trinajstić information content (AvgIpc) is 3.45. The molecule has 160 valence electrons. The van der Waals surface area contributed by atoms with Crippen LogP contribution in [0.3, 0.4) is 0 Å². The summed E-state index contributed by atoms with van der Waals surface area (Å²) in [4.78, 5) is 21.5. The highest BCUT2D eigenvalue weighted by molar-refractivity contribution is 5.84. The van der Waals surface area contributed by atoms with Crippen molar-refractivity contribution in [1.29, 1.82) is 0 Å². The Morgan fingerprint density at radius 1 is 1.29 bits per heavy atom. The van der Waals surface area contributed by atoms with Crippen molar-refractivity contribution in [3.8, 4) is 5.88 Å². The minimum atomic E-state index is -0.197. The van der Waals surface area contributed by atoms with E-state index in [0.717, 1.165) is 38.9 Å². The Bertz CT molecular complexity index is 1300. The quantitative estimate of drug-likeness (QED) is 0.519. The zero-order chi connectivity index (χ0) is 21.7. The van der Waals surface area contributed by atoms with Crippen molar-refractivity contribution in [2.75, 3.05) is 6.61 Å². The predicted octanol–water partition coefficient (Wildman–Crippen LogP) is 3.30. The molecule has 1 saturated carbocycles. The lowest BCUT2D eigenvalue weighted by Crippen LogP contribution is -2.31. The summed E-state index contributed by atoms with van der Waals surface area (Å²) in [5.41, 5.74) is 5.97. The van der Waals surface area contributed by atoms with E-state index >= 15 is 0 Å². The van der Waals surface area contributed by atoms with E-state index in [1.165, 1.54) is 12.8 Å². The topological polar surface area (TPSA) is 86.9 Å². The SMILES string of the molecule is Cc1cc(OCC(=O)NC(C)c2ccc3c(c2)ncn3C)nc2c1c(C1CC1)nn2C. The fraction of sp³-hybridized carbons (Fsp3) is 0.391. The standard InChI is InChI=1S/C23H26N6O2/c1-13-9-20(26-23-21(13)22(15-5-6-15)27-29(23)4)31-11-19(30)25-14(2)16-7-8-18-17(10-16)24-12-28(18)3/h7-10,12,14-15H,5-6,11H2,1-4H3,(H,25,30). The molecule has 0 radical (unpaired) electrons. The summed E-state index contributed by atoms with van der Waals surface area (Å²) in [6.07, 6.45) is 4.16. The lowest BCUT2D eigenvalue weighted by Gasteiger charge is -2.15. The third-order valence-electron chi connectivity index (χ3n) is 5.94. The van der Waals surface area contributed by atoms with Gasteiger partial charge in [-0.25, -0.2) is 4.98 Å². The Hall–Kier alpha value is -3.42. The number of aryl methyl sites for hydroxylation is 3. The van der Waals surface area contributed by atoms with Crippen LogP contribution in [-0.2, 0) is 18.9 Å². The fourth-order valence-corrected chi connectivity index (χ4v) is 4.08. The number of ether oxygens (including phenoxy) is 1. The van der Waals surface area contributed by atoms with Gasteiger partial charge in [-0.15, -0.1) is 0 Å². The van der Waals surface area contributed by atoms with Crippen LogP contribution in [-0.4, -0.2) is 36.8 Å². The second-order valence-electron chi connectivity index (χ2n) is 8.44. The summed E-state index contributed by atoms with van der Waals surface area (Å²) >= 11 is 0. The second-order valence-corrected chi connectivity index (χ2v) is 8.44. The van der Waals surface area contributed by atoms with Gasteiger partial charge in [-0.05, 0) is 49.9 Å². The van der Waals surface area contributed by atoms with Crippen LogP contribution >= 0.6 is 0 Å². The van der Waals surface area contributed by atoms with Crippen LogP contribution in [0, 0.1) is 6.92 Å². The number of nitrogens with one attached hydrogen (secondary N) is 1. The first-order chi connectivity index (χ1) is 14.9. The van der Waals surface area contributed by atoms with E-state index in [9.17, 15) is 4.79 Å². The second kappa shape index (κ2) is 7.37. The van der Waals surface area contributed by atoms with Gasteiger partial charge in [-0.3, -0.25) is 9.48 Å². The van der Waals surface area contributed by atoms with Crippen LogP contribution in [0.4, 0.5) is 0 Å². The van der Waals surface area contributed by atoms with E-state index in [1.54, 1.807) is 11.0 Å². The molecule has 0 aliphatic heterocycles. The zero-order valence-corrected chi connectivity index (χ0v) is 18.2. The van der Waals surface area contributed by atoms with Crippen LogP contribution < -0.4 is 10.1 Å². The summed E-state index contributed by atoms with van der Waals surface area (Å²) in [7, 11) is 3.86. The Labute approximate surface area is 180 Å². The summed E-state index contributed by atoms with van der Waals surface area (Å²) in [6, 6.07) is 7.76. The fourth-order valence-electron chi connectivity index (χ4n) is 4.08. The number of nitrogens with zero attached hydrogens (tertiary/aromatic N) is 5. The maximum absolute atomic E-state index is 12.5. The molecule has 1 aliphatic rings. The van der Waals surface area contributed by atoms with Gasteiger partial charge in [-0.2, -0.15) is 10.1 Å². The minimum Gasteiger partial charge on any atom is -0.468 e. The number of carbonyl (C=O) groups excluding carboxylic acids is 1. The number of benzene rings is 1. The lowest BCUT2D eigenvalue weighted by molar-refractivity contribution is -0.123. The van der Waals surface area contributed by atoms with Crippen LogP contribution in [0.1, 0.15) is 48.5 Å². The van der Waals surface area contributed by atoms with Gasteiger partial charge < -0.3 is 14.6 Å². The van der Waals surface area contributed by atoms with E-state index in [2.05, 4.69) is 20.4 Å². The first kappa shape index (κ1) is 19.5. The van der Waals surface area contributed by atoms with Crippen molar-refractivity contribution in [3.05, 3.63) is 47.4 Å². The van der Waals surface area contributed by atoms with Crippen molar-refractivity contribution in [2.45, 2.75) is 38.6 Å².